The van der Waals surface area contributed by atoms with Gasteiger partial charge in [0.2, 0.25) is 0 Å². The summed E-state index contributed by atoms with van der Waals surface area (Å²) in [5.41, 5.74) is 0.256. The first kappa shape index (κ1) is 12.3. The summed E-state index contributed by atoms with van der Waals surface area (Å²) in [7, 11) is 4.33. The molecule has 2 rings (SSSR count). The van der Waals surface area contributed by atoms with Crippen molar-refractivity contribution in [2.24, 2.45) is 0 Å². The van der Waals surface area contributed by atoms with Crippen LogP contribution in [0.4, 0.5) is 0 Å². The third-order valence-corrected chi connectivity index (χ3v) is 4.61. The highest BCUT2D eigenvalue weighted by atomic mass is 15.2. The third-order valence-electron chi connectivity index (χ3n) is 4.61. The van der Waals surface area contributed by atoms with Crippen LogP contribution in [0.2, 0.25) is 0 Å². The summed E-state index contributed by atoms with van der Waals surface area (Å²) in [6.45, 7) is 8.35. The zero-order valence-electron chi connectivity index (χ0n) is 11.3. The number of rotatable bonds is 4. The Morgan fingerprint density at radius 2 is 2.00 bits per heavy atom. The van der Waals surface area contributed by atoms with Gasteiger partial charge in [0.25, 0.3) is 0 Å². The van der Waals surface area contributed by atoms with Crippen molar-refractivity contribution in [1.29, 1.82) is 0 Å². The lowest BCUT2D eigenvalue weighted by molar-refractivity contribution is 0.179. The van der Waals surface area contributed by atoms with Gasteiger partial charge in [0.15, 0.2) is 0 Å². The van der Waals surface area contributed by atoms with Gasteiger partial charge in [-0.05, 0) is 53.8 Å². The molecule has 2 fully saturated rings. The maximum absolute atomic E-state index is 3.79. The summed E-state index contributed by atoms with van der Waals surface area (Å²) in [4.78, 5) is 4.97. The number of likely N-dealkylation sites (N-methyl/N-ethyl adjacent to an activating group) is 1. The van der Waals surface area contributed by atoms with Gasteiger partial charge in [0.05, 0.1) is 0 Å². The van der Waals surface area contributed by atoms with E-state index in [1.54, 1.807) is 0 Å². The highest BCUT2D eigenvalue weighted by Crippen LogP contribution is 2.28. The molecule has 0 aromatic carbocycles. The average molecular weight is 225 g/mol. The van der Waals surface area contributed by atoms with E-state index >= 15 is 0 Å². The molecule has 2 atom stereocenters. The van der Waals surface area contributed by atoms with Crippen LogP contribution >= 0.6 is 0 Å². The minimum atomic E-state index is 0.256. The topological polar surface area (TPSA) is 18.5 Å². The summed E-state index contributed by atoms with van der Waals surface area (Å²) in [5, 5.41) is 3.79. The van der Waals surface area contributed by atoms with E-state index in [2.05, 4.69) is 43.1 Å². The predicted molar refractivity (Wildman–Crippen MR) is 68.8 cm³/mol. The SMILES string of the molecule is CN(C)C(C)(C)CNC1CCN2CCCC12. The van der Waals surface area contributed by atoms with E-state index < -0.39 is 0 Å². The lowest BCUT2D eigenvalue weighted by atomic mass is 10.0. The van der Waals surface area contributed by atoms with Gasteiger partial charge in [-0.25, -0.2) is 0 Å². The van der Waals surface area contributed by atoms with Crippen molar-refractivity contribution < 1.29 is 0 Å². The Hall–Kier alpha value is -0.120. The fourth-order valence-corrected chi connectivity index (χ4v) is 2.86. The first-order valence-electron chi connectivity index (χ1n) is 6.65. The molecule has 16 heavy (non-hydrogen) atoms. The lowest BCUT2D eigenvalue weighted by Crippen LogP contribution is -2.51. The average Bonchev–Trinajstić information content (AvgIpc) is 2.76. The van der Waals surface area contributed by atoms with E-state index in [9.17, 15) is 0 Å². The number of hydrogen-bond acceptors (Lipinski definition) is 3. The Morgan fingerprint density at radius 3 is 2.69 bits per heavy atom. The van der Waals surface area contributed by atoms with E-state index in [0.717, 1.165) is 18.6 Å². The van der Waals surface area contributed by atoms with Gasteiger partial charge in [0.1, 0.15) is 0 Å². The van der Waals surface area contributed by atoms with E-state index in [-0.39, 0.29) is 5.54 Å². The Kier molecular flexibility index (Phi) is 3.57. The molecule has 0 bridgehead atoms. The molecule has 2 aliphatic heterocycles. The molecule has 1 N–H and O–H groups in total. The third kappa shape index (κ3) is 2.41. The van der Waals surface area contributed by atoms with Crippen molar-refractivity contribution in [2.75, 3.05) is 33.7 Å². The van der Waals surface area contributed by atoms with Crippen molar-refractivity contribution in [3.63, 3.8) is 0 Å². The van der Waals surface area contributed by atoms with Gasteiger partial charge in [-0.15, -0.1) is 0 Å². The van der Waals surface area contributed by atoms with Gasteiger partial charge < -0.3 is 10.2 Å². The van der Waals surface area contributed by atoms with Crippen molar-refractivity contribution in [3.05, 3.63) is 0 Å². The minimum Gasteiger partial charge on any atom is -0.311 e. The fraction of sp³-hybridized carbons (Fsp3) is 1.00. The number of nitrogens with one attached hydrogen (secondary N) is 1. The molecule has 0 amide bonds. The van der Waals surface area contributed by atoms with Crippen LogP contribution in [0.25, 0.3) is 0 Å². The standard InChI is InChI=1S/C13H27N3/c1-13(2,15(3)4)10-14-11-7-9-16-8-5-6-12(11)16/h11-12,14H,5-10H2,1-4H3. The molecule has 0 saturated carbocycles. The van der Waals surface area contributed by atoms with Gasteiger partial charge in [-0.2, -0.15) is 0 Å². The molecule has 2 unspecified atom stereocenters. The molecule has 3 nitrogen and oxygen atoms in total. The Morgan fingerprint density at radius 1 is 1.25 bits per heavy atom. The number of hydrogen-bond donors (Lipinski definition) is 1. The van der Waals surface area contributed by atoms with Gasteiger partial charge in [-0.3, -0.25) is 4.90 Å². The summed E-state index contributed by atoms with van der Waals surface area (Å²) in [5.74, 6) is 0. The summed E-state index contributed by atoms with van der Waals surface area (Å²) >= 11 is 0. The smallest absolute Gasteiger partial charge is 0.0271 e. The minimum absolute atomic E-state index is 0.256. The van der Waals surface area contributed by atoms with E-state index in [0.29, 0.717) is 0 Å². The second kappa shape index (κ2) is 4.63. The van der Waals surface area contributed by atoms with Gasteiger partial charge in [-0.1, -0.05) is 0 Å². The van der Waals surface area contributed by atoms with E-state index in [1.165, 1.54) is 32.4 Å². The maximum atomic E-state index is 3.79. The van der Waals surface area contributed by atoms with Crippen molar-refractivity contribution >= 4 is 0 Å². The number of fused-ring (bicyclic) bond motifs is 1. The van der Waals surface area contributed by atoms with Crippen molar-refractivity contribution in [1.82, 2.24) is 15.1 Å². The largest absolute Gasteiger partial charge is 0.311 e. The molecule has 3 heteroatoms. The Bertz CT molecular complexity index is 237. The van der Waals surface area contributed by atoms with E-state index in [4.69, 9.17) is 0 Å². The predicted octanol–water partition coefficient (Wildman–Crippen LogP) is 1.15. The molecule has 2 saturated heterocycles. The van der Waals surface area contributed by atoms with Crippen LogP contribution in [0.1, 0.15) is 33.1 Å². The van der Waals surface area contributed by atoms with Crippen LogP contribution in [-0.4, -0.2) is 61.2 Å². The van der Waals surface area contributed by atoms with Crippen LogP contribution in [-0.2, 0) is 0 Å². The highest BCUT2D eigenvalue weighted by Gasteiger charge is 2.37. The van der Waals surface area contributed by atoms with Crippen molar-refractivity contribution in [3.8, 4) is 0 Å². The van der Waals surface area contributed by atoms with Gasteiger partial charge in [0, 0.05) is 30.7 Å². The van der Waals surface area contributed by atoms with Crippen LogP contribution in [0, 0.1) is 0 Å². The molecule has 2 heterocycles. The zero-order valence-corrected chi connectivity index (χ0v) is 11.3. The molecule has 94 valence electrons. The molecule has 0 aromatic rings. The molecule has 0 spiro atoms. The highest BCUT2D eigenvalue weighted by molar-refractivity contribution is 4.96. The molecular formula is C13H27N3. The first-order chi connectivity index (χ1) is 7.50. The van der Waals surface area contributed by atoms with Crippen molar-refractivity contribution in [2.45, 2.75) is 50.7 Å². The molecule has 0 aliphatic carbocycles. The Labute approximate surface area is 100 Å². The molecule has 0 radical (unpaired) electrons. The number of nitrogens with zero attached hydrogens (tertiary/aromatic N) is 2. The monoisotopic (exact) mass is 225 g/mol. The Balaban J connectivity index is 1.82. The van der Waals surface area contributed by atoms with Crippen LogP contribution in [0.15, 0.2) is 0 Å². The van der Waals surface area contributed by atoms with Crippen LogP contribution in [0.5, 0.6) is 0 Å². The normalized spacial score (nSPS) is 31.3. The maximum Gasteiger partial charge on any atom is 0.0271 e. The quantitative estimate of drug-likeness (QED) is 0.774. The lowest BCUT2D eigenvalue weighted by Gasteiger charge is -2.35. The second-order valence-electron chi connectivity index (χ2n) is 6.23. The molecule has 0 aromatic heterocycles. The first-order valence-corrected chi connectivity index (χ1v) is 6.65. The van der Waals surface area contributed by atoms with Gasteiger partial charge >= 0.3 is 0 Å². The fourth-order valence-electron chi connectivity index (χ4n) is 2.86. The molecular weight excluding hydrogens is 198 g/mol. The summed E-state index contributed by atoms with van der Waals surface area (Å²) < 4.78 is 0. The molecule has 2 aliphatic rings. The summed E-state index contributed by atoms with van der Waals surface area (Å²) in [6.07, 6.45) is 4.15. The van der Waals surface area contributed by atoms with Crippen LogP contribution in [0.3, 0.4) is 0 Å². The van der Waals surface area contributed by atoms with E-state index in [1.807, 2.05) is 0 Å². The second-order valence-corrected chi connectivity index (χ2v) is 6.23. The zero-order chi connectivity index (χ0) is 11.8. The van der Waals surface area contributed by atoms with Crippen LogP contribution < -0.4 is 5.32 Å². The summed E-state index contributed by atoms with van der Waals surface area (Å²) in [6, 6.07) is 1.57.